The van der Waals surface area contributed by atoms with Gasteiger partial charge in [-0.2, -0.15) is 0 Å². The van der Waals surface area contributed by atoms with E-state index in [9.17, 15) is 13.2 Å². The first kappa shape index (κ1) is 13.3. The van der Waals surface area contributed by atoms with Crippen LogP contribution in [0.3, 0.4) is 0 Å². The highest BCUT2D eigenvalue weighted by Gasteiger charge is 2.16. The molecule has 0 atom stereocenters. The summed E-state index contributed by atoms with van der Waals surface area (Å²) >= 11 is 0. The zero-order valence-corrected chi connectivity index (χ0v) is 10.2. The van der Waals surface area contributed by atoms with E-state index in [-0.39, 0.29) is 0 Å². The molecule has 0 aliphatic carbocycles. The van der Waals surface area contributed by atoms with E-state index < -0.39 is 21.7 Å². The first-order valence-electron chi connectivity index (χ1n) is 4.71. The maximum Gasteiger partial charge on any atom is 0.320 e. The van der Waals surface area contributed by atoms with Crippen molar-refractivity contribution in [3.05, 3.63) is 23.8 Å². The second-order valence-electron chi connectivity index (χ2n) is 3.44. The topological polar surface area (TPSA) is 92.7 Å². The van der Waals surface area contributed by atoms with Crippen LogP contribution in [0.15, 0.2) is 18.2 Å². The Morgan fingerprint density at radius 2 is 2.12 bits per heavy atom. The van der Waals surface area contributed by atoms with Gasteiger partial charge in [0, 0.05) is 0 Å². The van der Waals surface area contributed by atoms with Gasteiger partial charge in [0.05, 0.1) is 12.8 Å². The molecular formula is C10H13NO5S. The Morgan fingerprint density at radius 3 is 2.59 bits per heavy atom. The average molecular weight is 259 g/mol. The SMILES string of the molecule is COc1ccc(NS(=O)(=O)CC(=O)O)c(C)c1. The Morgan fingerprint density at radius 1 is 1.47 bits per heavy atom. The van der Waals surface area contributed by atoms with Crippen molar-refractivity contribution >= 4 is 21.7 Å². The zero-order valence-electron chi connectivity index (χ0n) is 9.43. The van der Waals surface area contributed by atoms with Crippen molar-refractivity contribution in [3.8, 4) is 5.75 Å². The predicted molar refractivity (Wildman–Crippen MR) is 62.8 cm³/mol. The van der Waals surface area contributed by atoms with Crippen LogP contribution in [0, 0.1) is 6.92 Å². The maximum absolute atomic E-state index is 11.4. The number of carboxylic acids is 1. The first-order valence-corrected chi connectivity index (χ1v) is 6.36. The molecule has 0 saturated heterocycles. The van der Waals surface area contributed by atoms with Gasteiger partial charge in [0.25, 0.3) is 0 Å². The fourth-order valence-corrected chi connectivity index (χ4v) is 2.21. The summed E-state index contributed by atoms with van der Waals surface area (Å²) in [6.45, 7) is 1.70. The lowest BCUT2D eigenvalue weighted by molar-refractivity contribution is -0.134. The number of ether oxygens (including phenoxy) is 1. The summed E-state index contributed by atoms with van der Waals surface area (Å²) in [6.07, 6.45) is 0. The van der Waals surface area contributed by atoms with Crippen molar-refractivity contribution in [2.75, 3.05) is 17.6 Å². The third-order valence-electron chi connectivity index (χ3n) is 2.01. The molecule has 1 rings (SSSR count). The van der Waals surface area contributed by atoms with E-state index in [1.54, 1.807) is 19.1 Å². The predicted octanol–water partition coefficient (Wildman–Crippen LogP) is 0.830. The van der Waals surface area contributed by atoms with Gasteiger partial charge in [0.1, 0.15) is 5.75 Å². The van der Waals surface area contributed by atoms with Crippen LogP contribution in [0.2, 0.25) is 0 Å². The molecule has 0 heterocycles. The molecule has 0 radical (unpaired) electrons. The molecule has 2 N–H and O–H groups in total. The van der Waals surface area contributed by atoms with E-state index in [0.717, 1.165) is 0 Å². The average Bonchev–Trinajstić information content (AvgIpc) is 2.18. The zero-order chi connectivity index (χ0) is 13.1. The number of anilines is 1. The minimum Gasteiger partial charge on any atom is -0.497 e. The van der Waals surface area contributed by atoms with Gasteiger partial charge < -0.3 is 9.84 Å². The molecule has 1 aromatic carbocycles. The number of carboxylic acid groups (broad SMARTS) is 1. The Labute approximate surface area is 99.3 Å². The number of rotatable bonds is 5. The Hall–Kier alpha value is -1.76. The number of methoxy groups -OCH3 is 1. The summed E-state index contributed by atoms with van der Waals surface area (Å²) in [5, 5.41) is 8.44. The van der Waals surface area contributed by atoms with Gasteiger partial charge in [-0.25, -0.2) is 8.42 Å². The molecule has 7 heteroatoms. The minimum atomic E-state index is -3.87. The molecule has 0 unspecified atom stereocenters. The molecule has 1 aromatic rings. The van der Waals surface area contributed by atoms with Crippen molar-refractivity contribution in [3.63, 3.8) is 0 Å². The first-order chi connectivity index (χ1) is 7.84. The fourth-order valence-electron chi connectivity index (χ4n) is 1.24. The third-order valence-corrected chi connectivity index (χ3v) is 3.17. The van der Waals surface area contributed by atoms with Crippen molar-refractivity contribution < 1.29 is 23.1 Å². The number of nitrogens with one attached hydrogen (secondary N) is 1. The van der Waals surface area contributed by atoms with Gasteiger partial charge in [0.15, 0.2) is 5.75 Å². The van der Waals surface area contributed by atoms with Crippen molar-refractivity contribution in [2.45, 2.75) is 6.92 Å². The molecule has 0 spiro atoms. The Kier molecular flexibility index (Phi) is 3.95. The lowest BCUT2D eigenvalue weighted by Gasteiger charge is -2.10. The molecule has 0 bridgehead atoms. The number of carbonyl (C=O) groups is 1. The summed E-state index contributed by atoms with van der Waals surface area (Å²) < 4.78 is 30.0. The molecule has 0 aliphatic heterocycles. The quantitative estimate of drug-likeness (QED) is 0.817. The Balaban J connectivity index is 2.92. The van der Waals surface area contributed by atoms with Gasteiger partial charge in [-0.15, -0.1) is 0 Å². The van der Waals surface area contributed by atoms with Gasteiger partial charge >= 0.3 is 5.97 Å². The monoisotopic (exact) mass is 259 g/mol. The number of hydrogen-bond acceptors (Lipinski definition) is 4. The number of benzene rings is 1. The van der Waals surface area contributed by atoms with E-state index in [0.29, 0.717) is 17.0 Å². The van der Waals surface area contributed by atoms with Gasteiger partial charge in [-0.3, -0.25) is 9.52 Å². The Bertz CT molecular complexity index is 523. The van der Waals surface area contributed by atoms with Crippen LogP contribution >= 0.6 is 0 Å². The van der Waals surface area contributed by atoms with Crippen LogP contribution in [0.4, 0.5) is 5.69 Å². The molecule has 0 saturated carbocycles. The molecular weight excluding hydrogens is 246 g/mol. The summed E-state index contributed by atoms with van der Waals surface area (Å²) in [6, 6.07) is 4.76. The molecule has 0 aliphatic rings. The van der Waals surface area contributed by atoms with Crippen LogP contribution in [0.25, 0.3) is 0 Å². The minimum absolute atomic E-state index is 0.340. The highest BCUT2D eigenvalue weighted by Crippen LogP contribution is 2.21. The van der Waals surface area contributed by atoms with E-state index in [2.05, 4.69) is 4.72 Å². The summed E-state index contributed by atoms with van der Waals surface area (Å²) in [5.41, 5.74) is 0.991. The van der Waals surface area contributed by atoms with Gasteiger partial charge in [0.2, 0.25) is 10.0 Å². The second kappa shape index (κ2) is 5.05. The van der Waals surface area contributed by atoms with Crippen LogP contribution in [-0.2, 0) is 14.8 Å². The fraction of sp³-hybridized carbons (Fsp3) is 0.300. The number of hydrogen-bond donors (Lipinski definition) is 2. The summed E-state index contributed by atoms with van der Waals surface area (Å²) in [4.78, 5) is 10.4. The van der Waals surface area contributed by atoms with Crippen LogP contribution in [0.5, 0.6) is 5.75 Å². The van der Waals surface area contributed by atoms with E-state index in [1.165, 1.54) is 13.2 Å². The van der Waals surface area contributed by atoms with Gasteiger partial charge in [-0.05, 0) is 30.7 Å². The normalized spacial score (nSPS) is 10.9. The van der Waals surface area contributed by atoms with E-state index in [1.807, 2.05) is 0 Å². The summed E-state index contributed by atoms with van der Waals surface area (Å²) in [7, 11) is -2.36. The highest BCUT2D eigenvalue weighted by molar-refractivity contribution is 7.93. The number of aliphatic carboxylic acids is 1. The number of sulfonamides is 1. The molecule has 0 amide bonds. The highest BCUT2D eigenvalue weighted by atomic mass is 32.2. The van der Waals surface area contributed by atoms with E-state index in [4.69, 9.17) is 9.84 Å². The van der Waals surface area contributed by atoms with Crippen LogP contribution in [0.1, 0.15) is 5.56 Å². The molecule has 17 heavy (non-hydrogen) atoms. The standard InChI is InChI=1S/C10H13NO5S/c1-7-5-8(16-2)3-4-9(7)11-17(14,15)6-10(12)13/h3-5,11H,6H2,1-2H3,(H,12,13). The van der Waals surface area contributed by atoms with Gasteiger partial charge in [-0.1, -0.05) is 0 Å². The molecule has 0 fully saturated rings. The van der Waals surface area contributed by atoms with Crippen LogP contribution < -0.4 is 9.46 Å². The van der Waals surface area contributed by atoms with E-state index >= 15 is 0 Å². The second-order valence-corrected chi connectivity index (χ2v) is 5.16. The number of aryl methyl sites for hydroxylation is 1. The summed E-state index contributed by atoms with van der Waals surface area (Å²) in [5.74, 6) is -1.76. The van der Waals surface area contributed by atoms with Crippen molar-refractivity contribution in [1.82, 2.24) is 0 Å². The largest absolute Gasteiger partial charge is 0.497 e. The van der Waals surface area contributed by atoms with Crippen molar-refractivity contribution in [2.24, 2.45) is 0 Å². The molecule has 0 aromatic heterocycles. The third kappa shape index (κ3) is 3.95. The smallest absolute Gasteiger partial charge is 0.320 e. The maximum atomic E-state index is 11.4. The van der Waals surface area contributed by atoms with Crippen LogP contribution in [-0.4, -0.2) is 32.4 Å². The lowest BCUT2D eigenvalue weighted by atomic mass is 10.2. The lowest BCUT2D eigenvalue weighted by Crippen LogP contribution is -2.22. The molecule has 6 nitrogen and oxygen atoms in total. The van der Waals surface area contributed by atoms with Crippen molar-refractivity contribution in [1.29, 1.82) is 0 Å². The molecule has 94 valence electrons.